The Labute approximate surface area is 162 Å². The number of nitrogens with zero attached hydrogens (tertiary/aromatic N) is 2. The molecule has 5 heteroatoms. The molecule has 1 aromatic rings. The van der Waals surface area contributed by atoms with E-state index in [4.69, 9.17) is 4.74 Å². The molecule has 1 saturated heterocycles. The maximum Gasteiger partial charge on any atom is 0.410 e. The second-order valence-electron chi connectivity index (χ2n) is 9.19. The van der Waals surface area contributed by atoms with Crippen molar-refractivity contribution < 1.29 is 14.3 Å². The van der Waals surface area contributed by atoms with Gasteiger partial charge in [-0.1, -0.05) is 13.0 Å². The Balaban J connectivity index is 2.03. The SMILES string of the molecule is CC[C@]12CCCN(C(=O)OC(C)(C)C)[C@H]1c1cc(C(=O)N(C)C)ccc1C2. The third-order valence-electron chi connectivity index (χ3n) is 5.93. The van der Waals surface area contributed by atoms with E-state index in [2.05, 4.69) is 13.0 Å². The van der Waals surface area contributed by atoms with Crippen LogP contribution >= 0.6 is 0 Å². The molecular weight excluding hydrogens is 340 g/mol. The standard InChI is InChI=1S/C22H32N2O3/c1-7-22-11-8-12-24(20(26)27-21(2,3)4)18(22)17-13-15(19(25)23(5)6)9-10-16(17)14-22/h9-10,13,18H,7-8,11-12,14H2,1-6H3/t18-,22+/m0/s1. The first-order valence-electron chi connectivity index (χ1n) is 9.92. The average Bonchev–Trinajstić information content (AvgIpc) is 2.93. The zero-order valence-corrected chi connectivity index (χ0v) is 17.5. The van der Waals surface area contributed by atoms with Gasteiger partial charge in [-0.15, -0.1) is 0 Å². The quantitative estimate of drug-likeness (QED) is 0.772. The van der Waals surface area contributed by atoms with Crippen LogP contribution in [-0.2, 0) is 11.2 Å². The number of likely N-dealkylation sites (tertiary alicyclic amines) is 1. The first kappa shape index (κ1) is 19.7. The van der Waals surface area contributed by atoms with E-state index in [1.165, 1.54) is 5.56 Å². The summed E-state index contributed by atoms with van der Waals surface area (Å²) in [4.78, 5) is 29.0. The van der Waals surface area contributed by atoms with Gasteiger partial charge in [0.05, 0.1) is 6.04 Å². The fourth-order valence-electron chi connectivity index (χ4n) is 4.67. The van der Waals surface area contributed by atoms with Gasteiger partial charge < -0.3 is 14.5 Å². The highest BCUT2D eigenvalue weighted by Gasteiger charge is 2.51. The minimum atomic E-state index is -0.520. The number of hydrogen-bond donors (Lipinski definition) is 0. The molecule has 27 heavy (non-hydrogen) atoms. The highest BCUT2D eigenvalue weighted by molar-refractivity contribution is 5.94. The summed E-state index contributed by atoms with van der Waals surface area (Å²) in [5.74, 6) is -0.00794. The number of fused-ring (bicyclic) bond motifs is 3. The number of hydrogen-bond acceptors (Lipinski definition) is 3. The molecule has 1 fully saturated rings. The zero-order valence-electron chi connectivity index (χ0n) is 17.5. The first-order valence-corrected chi connectivity index (χ1v) is 9.92. The van der Waals surface area contributed by atoms with Gasteiger partial charge in [-0.3, -0.25) is 4.79 Å². The average molecular weight is 373 g/mol. The van der Waals surface area contributed by atoms with Crippen molar-refractivity contribution >= 4 is 12.0 Å². The molecule has 0 bridgehead atoms. The lowest BCUT2D eigenvalue weighted by atomic mass is 9.71. The second-order valence-corrected chi connectivity index (χ2v) is 9.19. The largest absolute Gasteiger partial charge is 0.444 e. The van der Waals surface area contributed by atoms with Crippen molar-refractivity contribution in [1.29, 1.82) is 0 Å². The molecule has 2 amide bonds. The van der Waals surface area contributed by atoms with Gasteiger partial charge in [-0.25, -0.2) is 4.79 Å². The molecule has 1 aromatic carbocycles. The van der Waals surface area contributed by atoms with Gasteiger partial charge in [0.15, 0.2) is 0 Å². The fraction of sp³-hybridized carbons (Fsp3) is 0.636. The molecule has 148 valence electrons. The van der Waals surface area contributed by atoms with Crippen LogP contribution in [0.3, 0.4) is 0 Å². The molecule has 2 aliphatic rings. The molecule has 0 N–H and O–H groups in total. The predicted molar refractivity (Wildman–Crippen MR) is 106 cm³/mol. The van der Waals surface area contributed by atoms with Crippen LogP contribution < -0.4 is 0 Å². The highest BCUT2D eigenvalue weighted by atomic mass is 16.6. The van der Waals surface area contributed by atoms with Crippen LogP contribution in [0.5, 0.6) is 0 Å². The van der Waals surface area contributed by atoms with Crippen LogP contribution in [0.15, 0.2) is 18.2 Å². The van der Waals surface area contributed by atoms with Crippen molar-refractivity contribution in [3.63, 3.8) is 0 Å². The van der Waals surface area contributed by atoms with E-state index in [0.717, 1.165) is 31.2 Å². The monoisotopic (exact) mass is 372 g/mol. The van der Waals surface area contributed by atoms with E-state index >= 15 is 0 Å². The molecule has 5 nitrogen and oxygen atoms in total. The minimum Gasteiger partial charge on any atom is -0.444 e. The van der Waals surface area contributed by atoms with Crippen LogP contribution in [0.2, 0.25) is 0 Å². The van der Waals surface area contributed by atoms with Crippen molar-refractivity contribution in [2.75, 3.05) is 20.6 Å². The van der Waals surface area contributed by atoms with Gasteiger partial charge in [0, 0.05) is 26.2 Å². The normalized spacial score (nSPS) is 24.2. The van der Waals surface area contributed by atoms with Crippen molar-refractivity contribution in [3.8, 4) is 0 Å². The van der Waals surface area contributed by atoms with Gasteiger partial charge >= 0.3 is 6.09 Å². The van der Waals surface area contributed by atoms with E-state index in [1.807, 2.05) is 37.8 Å². The molecule has 3 rings (SSSR count). The highest BCUT2D eigenvalue weighted by Crippen LogP contribution is 2.56. The van der Waals surface area contributed by atoms with Crippen LogP contribution in [0.25, 0.3) is 0 Å². The molecule has 0 unspecified atom stereocenters. The first-order chi connectivity index (χ1) is 12.6. The lowest BCUT2D eigenvalue weighted by Gasteiger charge is -2.46. The summed E-state index contributed by atoms with van der Waals surface area (Å²) < 4.78 is 5.72. The lowest BCUT2D eigenvalue weighted by molar-refractivity contribution is -0.0213. The van der Waals surface area contributed by atoms with Gasteiger partial charge in [0.2, 0.25) is 0 Å². The smallest absolute Gasteiger partial charge is 0.410 e. The number of rotatable bonds is 2. The van der Waals surface area contributed by atoms with Crippen molar-refractivity contribution in [1.82, 2.24) is 9.80 Å². The number of carbonyl (C=O) groups excluding carboxylic acids is 2. The van der Waals surface area contributed by atoms with Gasteiger partial charge in [-0.05, 0) is 75.1 Å². The third kappa shape index (κ3) is 3.56. The lowest BCUT2D eigenvalue weighted by Crippen LogP contribution is -2.48. The van der Waals surface area contributed by atoms with E-state index in [9.17, 15) is 9.59 Å². The van der Waals surface area contributed by atoms with E-state index in [-0.39, 0.29) is 23.5 Å². The van der Waals surface area contributed by atoms with E-state index < -0.39 is 5.60 Å². The summed E-state index contributed by atoms with van der Waals surface area (Å²) in [6.07, 6.45) is 3.80. The Morgan fingerprint density at radius 3 is 2.59 bits per heavy atom. The molecular formula is C22H32N2O3. The molecule has 1 aliphatic heterocycles. The van der Waals surface area contributed by atoms with Crippen molar-refractivity contribution in [2.45, 2.75) is 65.0 Å². The second kappa shape index (κ2) is 6.84. The van der Waals surface area contributed by atoms with Crippen LogP contribution in [0.4, 0.5) is 4.79 Å². The number of piperidine rings is 1. The Morgan fingerprint density at radius 1 is 1.30 bits per heavy atom. The molecule has 0 radical (unpaired) electrons. The Morgan fingerprint density at radius 2 is 2.00 bits per heavy atom. The number of carbonyl (C=O) groups is 2. The summed E-state index contributed by atoms with van der Waals surface area (Å²) in [5.41, 5.74) is 2.58. The zero-order chi connectivity index (χ0) is 20.0. The van der Waals surface area contributed by atoms with Crippen LogP contribution in [-0.4, -0.2) is 48.0 Å². The van der Waals surface area contributed by atoms with Crippen molar-refractivity contribution in [2.24, 2.45) is 5.41 Å². The van der Waals surface area contributed by atoms with E-state index in [1.54, 1.807) is 19.0 Å². The van der Waals surface area contributed by atoms with Crippen LogP contribution in [0, 0.1) is 5.41 Å². The molecule has 1 heterocycles. The molecule has 0 saturated carbocycles. The Hall–Kier alpha value is -2.04. The number of amides is 2. The van der Waals surface area contributed by atoms with Gasteiger partial charge in [0.1, 0.15) is 5.60 Å². The fourth-order valence-corrected chi connectivity index (χ4v) is 4.67. The number of benzene rings is 1. The number of ether oxygens (including phenoxy) is 1. The summed E-state index contributed by atoms with van der Waals surface area (Å²) in [6, 6.07) is 5.98. The maximum absolute atomic E-state index is 13.0. The Bertz CT molecular complexity index is 750. The molecule has 0 aromatic heterocycles. The molecule has 1 aliphatic carbocycles. The summed E-state index contributed by atoms with van der Waals surface area (Å²) in [7, 11) is 3.53. The summed E-state index contributed by atoms with van der Waals surface area (Å²) in [6.45, 7) is 8.62. The topological polar surface area (TPSA) is 49.9 Å². The molecule has 2 atom stereocenters. The maximum atomic E-state index is 13.0. The summed E-state index contributed by atoms with van der Waals surface area (Å²) in [5, 5.41) is 0. The van der Waals surface area contributed by atoms with Crippen LogP contribution in [0.1, 0.15) is 74.5 Å². The predicted octanol–water partition coefficient (Wildman–Crippen LogP) is 4.41. The third-order valence-corrected chi connectivity index (χ3v) is 5.93. The Kier molecular flexibility index (Phi) is 5.00. The minimum absolute atomic E-state index is 0.00794. The molecule has 0 spiro atoms. The van der Waals surface area contributed by atoms with Gasteiger partial charge in [-0.2, -0.15) is 0 Å². The summed E-state index contributed by atoms with van der Waals surface area (Å²) >= 11 is 0. The van der Waals surface area contributed by atoms with Crippen molar-refractivity contribution in [3.05, 3.63) is 34.9 Å². The van der Waals surface area contributed by atoms with Gasteiger partial charge in [0.25, 0.3) is 5.91 Å². The van der Waals surface area contributed by atoms with E-state index in [0.29, 0.717) is 12.1 Å².